The van der Waals surface area contributed by atoms with E-state index in [1.807, 2.05) is 24.3 Å². The lowest BCUT2D eigenvalue weighted by Crippen LogP contribution is -1.94. The van der Waals surface area contributed by atoms with Crippen molar-refractivity contribution in [3.05, 3.63) is 64.4 Å². The van der Waals surface area contributed by atoms with Crippen LogP contribution in [0.15, 0.2) is 42.5 Å². The van der Waals surface area contributed by atoms with Gasteiger partial charge in [0.15, 0.2) is 0 Å². The summed E-state index contributed by atoms with van der Waals surface area (Å²) < 4.78 is 0. The summed E-state index contributed by atoms with van der Waals surface area (Å²) in [4.78, 5) is 18.5. The summed E-state index contributed by atoms with van der Waals surface area (Å²) in [6, 6.07) is 12.4. The first-order valence-electron chi connectivity index (χ1n) is 6.09. The number of benzene rings is 2. The van der Waals surface area contributed by atoms with Gasteiger partial charge >= 0.3 is 5.97 Å². The van der Waals surface area contributed by atoms with Crippen molar-refractivity contribution in [2.24, 2.45) is 0 Å². The quantitative estimate of drug-likeness (QED) is 0.774. The van der Waals surface area contributed by atoms with Gasteiger partial charge in [0.1, 0.15) is 5.82 Å². The van der Waals surface area contributed by atoms with E-state index in [1.165, 1.54) is 0 Å². The number of carboxylic acids is 1. The van der Waals surface area contributed by atoms with Gasteiger partial charge in [0.05, 0.1) is 16.6 Å². The Balaban J connectivity index is 1.97. The van der Waals surface area contributed by atoms with Crippen molar-refractivity contribution in [1.82, 2.24) is 9.97 Å². The molecular formula is C15H11ClN2O2. The fourth-order valence-electron chi connectivity index (χ4n) is 2.10. The van der Waals surface area contributed by atoms with Crippen LogP contribution in [0.2, 0.25) is 5.02 Å². The maximum Gasteiger partial charge on any atom is 0.335 e. The minimum absolute atomic E-state index is 0.241. The number of nitrogens with one attached hydrogen (secondary N) is 1. The predicted molar refractivity (Wildman–Crippen MR) is 77.3 cm³/mol. The third-order valence-electron chi connectivity index (χ3n) is 3.09. The zero-order valence-corrected chi connectivity index (χ0v) is 11.2. The van der Waals surface area contributed by atoms with Crippen LogP contribution in [0, 0.1) is 0 Å². The molecule has 100 valence electrons. The van der Waals surface area contributed by atoms with E-state index in [2.05, 4.69) is 9.97 Å². The molecule has 1 aromatic heterocycles. The summed E-state index contributed by atoms with van der Waals surface area (Å²) in [5.41, 5.74) is 2.68. The maximum absolute atomic E-state index is 10.9. The highest BCUT2D eigenvalue weighted by Gasteiger charge is 2.09. The summed E-state index contributed by atoms with van der Waals surface area (Å²) in [5.74, 6) is -0.190. The van der Waals surface area contributed by atoms with Crippen molar-refractivity contribution in [1.29, 1.82) is 0 Å². The third-order valence-corrected chi connectivity index (χ3v) is 3.46. The second-order valence-corrected chi connectivity index (χ2v) is 4.90. The Morgan fingerprint density at radius 2 is 2.05 bits per heavy atom. The number of carbonyl (C=O) groups is 1. The number of rotatable bonds is 3. The highest BCUT2D eigenvalue weighted by molar-refractivity contribution is 6.31. The van der Waals surface area contributed by atoms with Crippen molar-refractivity contribution in [2.75, 3.05) is 0 Å². The smallest absolute Gasteiger partial charge is 0.335 e. The molecule has 0 unspecified atom stereocenters. The Kier molecular flexibility index (Phi) is 3.16. The summed E-state index contributed by atoms with van der Waals surface area (Å²) in [6.07, 6.45) is 0.580. The first kappa shape index (κ1) is 12.7. The molecule has 0 bridgehead atoms. The molecule has 0 aliphatic heterocycles. The second kappa shape index (κ2) is 4.98. The van der Waals surface area contributed by atoms with E-state index in [-0.39, 0.29) is 5.56 Å². The van der Waals surface area contributed by atoms with E-state index in [4.69, 9.17) is 16.7 Å². The van der Waals surface area contributed by atoms with E-state index in [0.717, 1.165) is 16.9 Å². The number of hydrogen-bond acceptors (Lipinski definition) is 2. The highest BCUT2D eigenvalue weighted by atomic mass is 35.5. The average molecular weight is 287 g/mol. The van der Waals surface area contributed by atoms with Gasteiger partial charge in [0, 0.05) is 11.4 Å². The highest BCUT2D eigenvalue weighted by Crippen LogP contribution is 2.20. The number of halogens is 1. The molecule has 0 spiro atoms. The standard InChI is InChI=1S/C15H11ClN2O2/c16-11-4-2-1-3-9(11)8-14-17-12-6-5-10(15(19)20)7-13(12)18-14/h1-7H,8H2,(H,17,18)(H,19,20). The molecule has 4 nitrogen and oxygen atoms in total. The van der Waals surface area contributed by atoms with Gasteiger partial charge in [-0.2, -0.15) is 0 Å². The number of H-pyrrole nitrogens is 1. The molecular weight excluding hydrogens is 276 g/mol. The zero-order chi connectivity index (χ0) is 14.1. The van der Waals surface area contributed by atoms with Gasteiger partial charge in [-0.3, -0.25) is 0 Å². The Hall–Kier alpha value is -2.33. The molecule has 1 heterocycles. The normalized spacial score (nSPS) is 10.8. The lowest BCUT2D eigenvalue weighted by atomic mass is 10.1. The van der Waals surface area contributed by atoms with Crippen molar-refractivity contribution in [3.8, 4) is 0 Å². The van der Waals surface area contributed by atoms with Gasteiger partial charge in [0.25, 0.3) is 0 Å². The summed E-state index contributed by atoms with van der Waals surface area (Å²) in [6.45, 7) is 0. The van der Waals surface area contributed by atoms with Crippen LogP contribution < -0.4 is 0 Å². The SMILES string of the molecule is O=C(O)c1ccc2nc(Cc3ccccc3Cl)[nH]c2c1. The Labute approximate surface area is 120 Å². The van der Waals surface area contributed by atoms with E-state index >= 15 is 0 Å². The van der Waals surface area contributed by atoms with E-state index in [0.29, 0.717) is 17.0 Å². The van der Waals surface area contributed by atoms with E-state index in [9.17, 15) is 4.79 Å². The van der Waals surface area contributed by atoms with Crippen LogP contribution in [0.1, 0.15) is 21.7 Å². The topological polar surface area (TPSA) is 66.0 Å². The molecule has 2 N–H and O–H groups in total. The first-order chi connectivity index (χ1) is 9.63. The van der Waals surface area contributed by atoms with E-state index in [1.54, 1.807) is 18.2 Å². The summed E-state index contributed by atoms with van der Waals surface area (Å²) >= 11 is 6.12. The number of fused-ring (bicyclic) bond motifs is 1. The number of hydrogen-bond donors (Lipinski definition) is 2. The fraction of sp³-hybridized carbons (Fsp3) is 0.0667. The van der Waals surface area contributed by atoms with Gasteiger partial charge < -0.3 is 10.1 Å². The molecule has 3 rings (SSSR count). The molecule has 0 aliphatic rings. The number of aromatic carboxylic acids is 1. The molecule has 3 aromatic rings. The van der Waals surface area contributed by atoms with Crippen LogP contribution in [0.5, 0.6) is 0 Å². The van der Waals surface area contributed by atoms with Crippen LogP contribution in [-0.2, 0) is 6.42 Å². The lowest BCUT2D eigenvalue weighted by Gasteiger charge is -2.00. The Morgan fingerprint density at radius 1 is 1.25 bits per heavy atom. The van der Waals surface area contributed by atoms with Gasteiger partial charge in [-0.1, -0.05) is 29.8 Å². The van der Waals surface area contributed by atoms with Crippen LogP contribution >= 0.6 is 11.6 Å². The minimum Gasteiger partial charge on any atom is -0.478 e. The molecule has 0 saturated heterocycles. The molecule has 2 aromatic carbocycles. The van der Waals surface area contributed by atoms with Crippen LogP contribution in [0.25, 0.3) is 11.0 Å². The molecule has 0 atom stereocenters. The zero-order valence-electron chi connectivity index (χ0n) is 10.4. The first-order valence-corrected chi connectivity index (χ1v) is 6.46. The van der Waals surface area contributed by atoms with Crippen molar-refractivity contribution in [2.45, 2.75) is 6.42 Å². The molecule has 0 amide bonds. The Bertz CT molecular complexity index is 795. The van der Waals surface area contributed by atoms with Crippen molar-refractivity contribution < 1.29 is 9.90 Å². The fourth-order valence-corrected chi connectivity index (χ4v) is 2.30. The van der Waals surface area contributed by atoms with Gasteiger partial charge in [-0.15, -0.1) is 0 Å². The largest absolute Gasteiger partial charge is 0.478 e. The molecule has 20 heavy (non-hydrogen) atoms. The molecule has 0 aliphatic carbocycles. The Morgan fingerprint density at radius 3 is 2.80 bits per heavy atom. The second-order valence-electron chi connectivity index (χ2n) is 4.49. The number of aromatic amines is 1. The number of aromatic nitrogens is 2. The number of nitrogens with zero attached hydrogens (tertiary/aromatic N) is 1. The minimum atomic E-state index is -0.950. The molecule has 0 radical (unpaired) electrons. The lowest BCUT2D eigenvalue weighted by molar-refractivity contribution is 0.0697. The van der Waals surface area contributed by atoms with Gasteiger partial charge in [0.2, 0.25) is 0 Å². The van der Waals surface area contributed by atoms with E-state index < -0.39 is 5.97 Å². The van der Waals surface area contributed by atoms with Gasteiger partial charge in [-0.25, -0.2) is 9.78 Å². The summed E-state index contributed by atoms with van der Waals surface area (Å²) in [5, 5.41) is 9.66. The van der Waals surface area contributed by atoms with Crippen molar-refractivity contribution >= 4 is 28.6 Å². The van der Waals surface area contributed by atoms with Gasteiger partial charge in [-0.05, 0) is 29.8 Å². The van der Waals surface area contributed by atoms with Crippen molar-refractivity contribution in [3.63, 3.8) is 0 Å². The maximum atomic E-state index is 10.9. The predicted octanol–water partition coefficient (Wildman–Crippen LogP) is 3.51. The monoisotopic (exact) mass is 286 g/mol. The summed E-state index contributed by atoms with van der Waals surface area (Å²) in [7, 11) is 0. The van der Waals surface area contributed by atoms with Crippen LogP contribution in [-0.4, -0.2) is 21.0 Å². The molecule has 5 heteroatoms. The van der Waals surface area contributed by atoms with Crippen LogP contribution in [0.4, 0.5) is 0 Å². The van der Waals surface area contributed by atoms with Crippen LogP contribution in [0.3, 0.4) is 0 Å². The molecule has 0 saturated carbocycles. The number of carboxylic acid groups (broad SMARTS) is 1. The third kappa shape index (κ3) is 2.38. The average Bonchev–Trinajstić information content (AvgIpc) is 2.82. The number of imidazole rings is 1. The molecule has 0 fully saturated rings.